The second kappa shape index (κ2) is 8.12. The summed E-state index contributed by atoms with van der Waals surface area (Å²) in [7, 11) is 1.51. The number of amides is 1. The Hall–Kier alpha value is -2.01. The Morgan fingerprint density at radius 2 is 2.08 bits per heavy atom. The maximum atomic E-state index is 12.9. The first-order valence-corrected chi connectivity index (χ1v) is 8.02. The normalized spacial score (nSPS) is 12.0. The van der Waals surface area contributed by atoms with Crippen LogP contribution in [0.15, 0.2) is 35.1 Å². The molecular weight excluding hydrogens is 427 g/mol. The predicted octanol–water partition coefficient (Wildman–Crippen LogP) is 4.13. The monoisotopic (exact) mass is 440 g/mol. The molecule has 0 aliphatic heterocycles. The minimum atomic E-state index is -4.57. The van der Waals surface area contributed by atoms with E-state index in [9.17, 15) is 26.7 Å². The molecule has 1 aromatic carbocycles. The molecule has 1 N–H and O–H groups in total. The van der Waals surface area contributed by atoms with Gasteiger partial charge in [0.25, 0.3) is 0 Å². The number of alkyl halides is 5. The van der Waals surface area contributed by atoms with E-state index in [0.29, 0.717) is 4.57 Å². The molecule has 2 rings (SSSR count). The lowest BCUT2D eigenvalue weighted by Gasteiger charge is -2.17. The molecule has 5 nitrogen and oxygen atoms in total. The number of nitrogens with one attached hydrogen (secondary N) is 1. The third-order valence-corrected chi connectivity index (χ3v) is 4.03. The second-order valence-electron chi connectivity index (χ2n) is 5.44. The second-order valence-corrected chi connectivity index (χ2v) is 6.30. The molecule has 0 bridgehead atoms. The van der Waals surface area contributed by atoms with Crippen LogP contribution in [-0.2, 0) is 17.5 Å². The van der Waals surface area contributed by atoms with E-state index in [2.05, 4.69) is 26.2 Å². The van der Waals surface area contributed by atoms with Gasteiger partial charge in [-0.3, -0.25) is 14.3 Å². The average molecular weight is 441 g/mol. The number of likely N-dealkylation sites (N-methyl/N-ethyl adjacent to an activating group) is 1. The first kappa shape index (κ1) is 20.3. The highest BCUT2D eigenvalue weighted by Gasteiger charge is 2.33. The molecule has 0 spiro atoms. The number of hydrogen-bond donors (Lipinski definition) is 1. The Kier molecular flexibility index (Phi) is 6.34. The van der Waals surface area contributed by atoms with E-state index < -0.39 is 24.2 Å². The molecule has 11 heteroatoms. The highest BCUT2D eigenvalue weighted by Crippen LogP contribution is 2.36. The quantitative estimate of drug-likeness (QED) is 0.687. The summed E-state index contributed by atoms with van der Waals surface area (Å²) in [6.07, 6.45) is -2.23. The molecule has 1 amide bonds. The molecule has 0 unspecified atom stereocenters. The van der Waals surface area contributed by atoms with E-state index in [-0.39, 0.29) is 29.1 Å². The topological polar surface area (TPSA) is 50.2 Å². The minimum absolute atomic E-state index is 0.0204. The molecule has 1 aromatic heterocycles. The fourth-order valence-corrected chi connectivity index (χ4v) is 2.68. The van der Waals surface area contributed by atoms with Crippen molar-refractivity contribution >= 4 is 27.5 Å². The van der Waals surface area contributed by atoms with Gasteiger partial charge in [0.15, 0.2) is 0 Å². The van der Waals surface area contributed by atoms with E-state index >= 15 is 0 Å². The van der Waals surface area contributed by atoms with E-state index in [1.54, 1.807) is 0 Å². The van der Waals surface area contributed by atoms with Crippen molar-refractivity contribution in [2.45, 2.75) is 19.3 Å². The molecular formula is C15H14BrF5N4O. The number of halogens is 6. The number of imidazole rings is 1. The molecule has 0 aliphatic carbocycles. The van der Waals surface area contributed by atoms with Gasteiger partial charge in [0.1, 0.15) is 5.82 Å². The summed E-state index contributed by atoms with van der Waals surface area (Å²) in [4.78, 5) is 17.2. The smallest absolute Gasteiger partial charge is 0.325 e. The van der Waals surface area contributed by atoms with Crippen molar-refractivity contribution in [1.29, 1.82) is 0 Å². The Morgan fingerprint density at radius 1 is 1.38 bits per heavy atom. The van der Waals surface area contributed by atoms with Crippen LogP contribution in [0.25, 0.3) is 0 Å². The predicted molar refractivity (Wildman–Crippen MR) is 87.6 cm³/mol. The summed E-state index contributed by atoms with van der Waals surface area (Å²) in [6, 6.07) is 3.31. The van der Waals surface area contributed by atoms with Crippen LogP contribution in [0, 0.1) is 0 Å². The highest BCUT2D eigenvalue weighted by molar-refractivity contribution is 9.10. The standard InChI is InChI=1S/C15H14BrF5N4O/c1-24(7-12-22-4-5-25(12)14(17)18)8-13(26)23-9-2-3-11(16)10(6-9)15(19,20)21/h2-6,14H,7-8H2,1H3,(H,23,26). The highest BCUT2D eigenvalue weighted by atomic mass is 79.9. The zero-order chi connectivity index (χ0) is 19.5. The zero-order valence-electron chi connectivity index (χ0n) is 13.4. The first-order valence-electron chi connectivity index (χ1n) is 7.23. The largest absolute Gasteiger partial charge is 0.417 e. The summed E-state index contributed by atoms with van der Waals surface area (Å²) in [5, 5.41) is 2.35. The Morgan fingerprint density at radius 3 is 2.69 bits per heavy atom. The van der Waals surface area contributed by atoms with Crippen molar-refractivity contribution in [2.24, 2.45) is 0 Å². The fourth-order valence-electron chi connectivity index (χ4n) is 2.21. The van der Waals surface area contributed by atoms with Gasteiger partial charge in [-0.1, -0.05) is 15.9 Å². The number of hydrogen-bond acceptors (Lipinski definition) is 3. The van der Waals surface area contributed by atoms with E-state index in [1.807, 2.05) is 0 Å². The number of aromatic nitrogens is 2. The van der Waals surface area contributed by atoms with Crippen molar-refractivity contribution in [3.63, 3.8) is 0 Å². The molecule has 0 saturated carbocycles. The summed E-state index contributed by atoms with van der Waals surface area (Å²) >= 11 is 2.81. The van der Waals surface area contributed by atoms with Gasteiger partial charge >= 0.3 is 12.7 Å². The lowest BCUT2D eigenvalue weighted by molar-refractivity contribution is -0.138. The van der Waals surface area contributed by atoms with Crippen LogP contribution in [0.4, 0.5) is 27.6 Å². The van der Waals surface area contributed by atoms with Gasteiger partial charge < -0.3 is 5.32 Å². The van der Waals surface area contributed by atoms with Gasteiger partial charge in [0.2, 0.25) is 5.91 Å². The van der Waals surface area contributed by atoms with Gasteiger partial charge in [-0.2, -0.15) is 22.0 Å². The maximum absolute atomic E-state index is 12.9. The zero-order valence-corrected chi connectivity index (χ0v) is 15.0. The number of anilines is 1. The molecule has 0 radical (unpaired) electrons. The van der Waals surface area contributed by atoms with Gasteiger partial charge in [-0.15, -0.1) is 0 Å². The lowest BCUT2D eigenvalue weighted by Crippen LogP contribution is -2.31. The Bertz CT molecular complexity index is 778. The number of carbonyl (C=O) groups excluding carboxylic acids is 1. The van der Waals surface area contributed by atoms with Crippen LogP contribution < -0.4 is 5.32 Å². The van der Waals surface area contributed by atoms with Crippen LogP contribution >= 0.6 is 15.9 Å². The van der Waals surface area contributed by atoms with E-state index in [4.69, 9.17) is 0 Å². The Labute approximate surface area is 153 Å². The summed E-state index contributed by atoms with van der Waals surface area (Å²) in [5.74, 6) is -0.517. The van der Waals surface area contributed by atoms with Crippen molar-refractivity contribution in [3.8, 4) is 0 Å². The van der Waals surface area contributed by atoms with Crippen molar-refractivity contribution in [1.82, 2.24) is 14.5 Å². The van der Waals surface area contributed by atoms with Crippen LogP contribution in [0.5, 0.6) is 0 Å². The number of carbonyl (C=O) groups is 1. The van der Waals surface area contributed by atoms with Crippen molar-refractivity contribution < 1.29 is 26.7 Å². The van der Waals surface area contributed by atoms with Crippen molar-refractivity contribution in [2.75, 3.05) is 18.9 Å². The molecule has 1 heterocycles. The first-order chi connectivity index (χ1) is 12.1. The third-order valence-electron chi connectivity index (χ3n) is 3.34. The van der Waals surface area contributed by atoms with Crippen molar-refractivity contribution in [3.05, 3.63) is 46.5 Å². The summed E-state index contributed by atoms with van der Waals surface area (Å²) in [5.41, 5.74) is -0.935. The third kappa shape index (κ3) is 5.24. The van der Waals surface area contributed by atoms with Crippen LogP contribution in [0.1, 0.15) is 17.9 Å². The SMILES string of the molecule is CN(CC(=O)Nc1ccc(Br)c(C(F)(F)F)c1)Cc1nccn1C(F)F. The average Bonchev–Trinajstić information content (AvgIpc) is 2.96. The molecule has 0 atom stereocenters. The molecule has 0 aliphatic rings. The number of rotatable bonds is 6. The van der Waals surface area contributed by atoms with E-state index in [0.717, 1.165) is 12.3 Å². The van der Waals surface area contributed by atoms with Crippen LogP contribution in [0.2, 0.25) is 0 Å². The molecule has 26 heavy (non-hydrogen) atoms. The lowest BCUT2D eigenvalue weighted by atomic mass is 10.2. The number of benzene rings is 1. The fraction of sp³-hybridized carbons (Fsp3) is 0.333. The van der Waals surface area contributed by atoms with Crippen LogP contribution in [0.3, 0.4) is 0 Å². The van der Waals surface area contributed by atoms with Gasteiger partial charge in [-0.05, 0) is 25.2 Å². The molecule has 0 saturated heterocycles. The van der Waals surface area contributed by atoms with Gasteiger partial charge in [0, 0.05) is 22.6 Å². The summed E-state index contributed by atoms with van der Waals surface area (Å²) < 4.78 is 64.6. The summed E-state index contributed by atoms with van der Waals surface area (Å²) in [6.45, 7) is -3.00. The van der Waals surface area contributed by atoms with Gasteiger partial charge in [-0.25, -0.2) is 4.98 Å². The number of nitrogens with zero attached hydrogens (tertiary/aromatic N) is 3. The van der Waals surface area contributed by atoms with E-state index in [1.165, 1.54) is 30.3 Å². The maximum Gasteiger partial charge on any atom is 0.417 e. The van der Waals surface area contributed by atoms with Gasteiger partial charge in [0.05, 0.1) is 18.7 Å². The molecule has 142 valence electrons. The molecule has 2 aromatic rings. The Balaban J connectivity index is 1.99. The molecule has 0 fully saturated rings. The minimum Gasteiger partial charge on any atom is -0.325 e. The van der Waals surface area contributed by atoms with Crippen LogP contribution in [-0.4, -0.2) is 34.0 Å².